The molecule has 1 aliphatic heterocycles. The number of fused-ring (bicyclic) bond motifs is 1. The van der Waals surface area contributed by atoms with Gasteiger partial charge in [-0.05, 0) is 87.2 Å². The summed E-state index contributed by atoms with van der Waals surface area (Å²) in [4.78, 5) is 57.1. The van der Waals surface area contributed by atoms with Gasteiger partial charge < -0.3 is 35.9 Å². The Balaban J connectivity index is 1.23. The molecule has 1 fully saturated rings. The first-order valence-corrected chi connectivity index (χ1v) is 16.4. The number of rotatable bonds is 11. The van der Waals surface area contributed by atoms with Crippen LogP contribution in [0.25, 0.3) is 22.2 Å². The highest BCUT2D eigenvalue weighted by Gasteiger charge is 2.37. The second kappa shape index (κ2) is 15.2. The van der Waals surface area contributed by atoms with Gasteiger partial charge >= 0.3 is 6.09 Å². The molecule has 0 radical (unpaired) electrons. The molecule has 48 heavy (non-hydrogen) atoms. The van der Waals surface area contributed by atoms with E-state index < -0.39 is 24.2 Å². The van der Waals surface area contributed by atoms with Crippen molar-refractivity contribution in [2.75, 3.05) is 24.2 Å². The van der Waals surface area contributed by atoms with Crippen molar-refractivity contribution >= 4 is 46.1 Å². The summed E-state index contributed by atoms with van der Waals surface area (Å²) in [6, 6.07) is 22.8. The van der Waals surface area contributed by atoms with E-state index in [2.05, 4.69) is 26.3 Å². The van der Waals surface area contributed by atoms with Crippen molar-refractivity contribution in [1.29, 1.82) is 0 Å². The number of benzene rings is 3. The van der Waals surface area contributed by atoms with Gasteiger partial charge in [-0.2, -0.15) is 0 Å². The summed E-state index contributed by atoms with van der Waals surface area (Å²) >= 11 is 0. The van der Waals surface area contributed by atoms with Crippen LogP contribution < -0.4 is 21.3 Å². The number of ether oxygens (including phenoxy) is 1. The minimum Gasteiger partial charge on any atom is -0.447 e. The molecule has 0 spiro atoms. The molecule has 1 saturated heterocycles. The number of aromatic nitrogens is 1. The molecule has 252 valence electrons. The highest BCUT2D eigenvalue weighted by atomic mass is 16.6. The number of hydrogen-bond donors (Lipinski definition) is 5. The van der Waals surface area contributed by atoms with Crippen LogP contribution in [-0.2, 0) is 19.1 Å². The Labute approximate surface area is 280 Å². The largest absolute Gasteiger partial charge is 0.447 e. The number of alkyl carbamates (subject to hydrolysis) is 1. The van der Waals surface area contributed by atoms with Gasteiger partial charge in [-0.3, -0.25) is 14.4 Å². The van der Waals surface area contributed by atoms with Gasteiger partial charge in [-0.1, -0.05) is 56.3 Å². The Bertz CT molecular complexity index is 1750. The number of carbonyl (C=O) groups excluding carboxylic acids is 4. The first kappa shape index (κ1) is 34.2. The summed E-state index contributed by atoms with van der Waals surface area (Å²) in [5, 5.41) is 12.6. The second-order valence-corrected chi connectivity index (χ2v) is 12.7. The first-order valence-electron chi connectivity index (χ1n) is 16.4. The van der Waals surface area contributed by atoms with Gasteiger partial charge in [0.2, 0.25) is 17.7 Å². The topological polar surface area (TPSA) is 145 Å². The number of nitrogens with zero attached hydrogens (tertiary/aromatic N) is 1. The third-order valence-corrected chi connectivity index (χ3v) is 8.42. The Hall–Kier alpha value is -5.16. The molecule has 0 bridgehead atoms. The van der Waals surface area contributed by atoms with Crippen LogP contribution in [0, 0.1) is 5.92 Å². The zero-order valence-electron chi connectivity index (χ0n) is 28.0. The average Bonchev–Trinajstić information content (AvgIpc) is 3.72. The molecule has 3 aromatic carbocycles. The fourth-order valence-corrected chi connectivity index (χ4v) is 6.00. The maximum absolute atomic E-state index is 13.5. The van der Waals surface area contributed by atoms with Crippen molar-refractivity contribution in [3.8, 4) is 11.3 Å². The van der Waals surface area contributed by atoms with E-state index in [0.717, 1.165) is 34.1 Å². The Morgan fingerprint density at radius 3 is 2.25 bits per heavy atom. The number of carbonyl (C=O) groups is 4. The van der Waals surface area contributed by atoms with E-state index in [4.69, 9.17) is 4.74 Å². The quantitative estimate of drug-likeness (QED) is 0.138. The maximum atomic E-state index is 13.5. The van der Waals surface area contributed by atoms with E-state index >= 15 is 0 Å². The van der Waals surface area contributed by atoms with Crippen LogP contribution >= 0.6 is 0 Å². The number of H-pyrrole nitrogens is 1. The molecule has 4 aromatic rings. The molecule has 5 rings (SSSR count). The molecule has 0 saturated carbocycles. The summed E-state index contributed by atoms with van der Waals surface area (Å²) in [6.45, 7) is 7.74. The van der Waals surface area contributed by atoms with E-state index in [-0.39, 0.29) is 29.7 Å². The fraction of sp³-hybridized carbons (Fsp3) is 0.351. The van der Waals surface area contributed by atoms with E-state index in [1.54, 1.807) is 37.9 Å². The fourth-order valence-electron chi connectivity index (χ4n) is 6.00. The predicted octanol–water partition coefficient (Wildman–Crippen LogP) is 5.82. The first-order chi connectivity index (χ1) is 23.0. The zero-order chi connectivity index (χ0) is 34.4. The van der Waals surface area contributed by atoms with E-state index in [1.807, 2.05) is 80.6 Å². The Morgan fingerprint density at radius 2 is 1.58 bits per heavy atom. The van der Waals surface area contributed by atoms with Crippen LogP contribution in [0.5, 0.6) is 0 Å². The number of aromatic amines is 1. The van der Waals surface area contributed by atoms with Gasteiger partial charge in [0.05, 0.1) is 6.10 Å². The lowest BCUT2D eigenvalue weighted by Gasteiger charge is -2.28. The SMILES string of the molecule is CN[C@@H](C(=O)N1CCC[C@H]1C(=O)Nc1ccc2[nH]c(-c3ccc(NC(=O)C(NC(=O)OC(C)C)C(C)C)cc3)cc2c1)c1ccccc1. The van der Waals surface area contributed by atoms with Gasteiger partial charge in [0, 0.05) is 34.5 Å². The van der Waals surface area contributed by atoms with Gasteiger partial charge in [-0.25, -0.2) is 4.79 Å². The molecule has 4 amide bonds. The highest BCUT2D eigenvalue weighted by molar-refractivity contribution is 6.00. The van der Waals surface area contributed by atoms with E-state index in [0.29, 0.717) is 24.3 Å². The number of nitrogens with one attached hydrogen (secondary N) is 5. The molecule has 11 nitrogen and oxygen atoms in total. The molecule has 5 N–H and O–H groups in total. The molecule has 0 aliphatic carbocycles. The molecule has 1 unspecified atom stereocenters. The summed E-state index contributed by atoms with van der Waals surface area (Å²) in [5.74, 6) is -0.791. The predicted molar refractivity (Wildman–Crippen MR) is 187 cm³/mol. The summed E-state index contributed by atoms with van der Waals surface area (Å²) in [5.41, 5.74) is 4.79. The molecule has 11 heteroatoms. The van der Waals surface area contributed by atoms with E-state index in [1.165, 1.54) is 0 Å². The van der Waals surface area contributed by atoms with Crippen LogP contribution in [0.4, 0.5) is 16.2 Å². The minimum atomic E-state index is -0.754. The average molecular weight is 653 g/mol. The van der Waals surface area contributed by atoms with Crippen LogP contribution in [-0.4, -0.2) is 65.5 Å². The lowest BCUT2D eigenvalue weighted by Crippen LogP contribution is -2.47. The lowest BCUT2D eigenvalue weighted by molar-refractivity contribution is -0.138. The Morgan fingerprint density at radius 1 is 0.875 bits per heavy atom. The van der Waals surface area contributed by atoms with E-state index in [9.17, 15) is 19.2 Å². The zero-order valence-corrected chi connectivity index (χ0v) is 28.0. The van der Waals surface area contributed by atoms with Crippen molar-refractivity contribution in [3.05, 3.63) is 84.4 Å². The number of likely N-dealkylation sites (N-methyl/N-ethyl adjacent to an activating group) is 1. The molecule has 1 aromatic heterocycles. The molecular formula is C37H44N6O5. The van der Waals surface area contributed by atoms with Crippen molar-refractivity contribution in [3.63, 3.8) is 0 Å². The normalized spacial score (nSPS) is 15.7. The molecule has 2 heterocycles. The second-order valence-electron chi connectivity index (χ2n) is 12.7. The summed E-state index contributed by atoms with van der Waals surface area (Å²) < 4.78 is 5.14. The van der Waals surface area contributed by atoms with Crippen LogP contribution in [0.1, 0.15) is 52.1 Å². The number of anilines is 2. The van der Waals surface area contributed by atoms with Crippen LogP contribution in [0.2, 0.25) is 0 Å². The van der Waals surface area contributed by atoms with Gasteiger partial charge in [0.25, 0.3) is 0 Å². The molecular weight excluding hydrogens is 608 g/mol. The van der Waals surface area contributed by atoms with Crippen molar-refractivity contribution in [2.45, 2.75) is 64.8 Å². The summed E-state index contributed by atoms with van der Waals surface area (Å²) in [6.07, 6.45) is 0.447. The third kappa shape index (κ3) is 8.03. The summed E-state index contributed by atoms with van der Waals surface area (Å²) in [7, 11) is 1.75. The van der Waals surface area contributed by atoms with Crippen molar-refractivity contribution in [1.82, 2.24) is 20.5 Å². The molecule has 3 atom stereocenters. The number of amides is 4. The highest BCUT2D eigenvalue weighted by Crippen LogP contribution is 2.29. The minimum absolute atomic E-state index is 0.111. The maximum Gasteiger partial charge on any atom is 0.408 e. The van der Waals surface area contributed by atoms with Gasteiger partial charge in [-0.15, -0.1) is 0 Å². The third-order valence-electron chi connectivity index (χ3n) is 8.42. The van der Waals surface area contributed by atoms with Gasteiger partial charge in [0.1, 0.15) is 18.1 Å². The Kier molecular flexibility index (Phi) is 10.8. The smallest absolute Gasteiger partial charge is 0.408 e. The standard InChI is InChI=1S/C37H44N6O5/c1-22(2)32(42-37(47)48-23(3)4)35(45)39-27-15-13-24(14-16-27)30-21-26-20-28(17-18-29(26)41-30)40-34(44)31-12-9-19-43(31)36(46)33(38-5)25-10-7-6-8-11-25/h6-8,10-11,13-18,20-23,31-33,38,41H,9,12,19H2,1-5H3,(H,39,45)(H,40,44)(H,42,47)/t31-,32?,33+/m0/s1. The number of likely N-dealkylation sites (tertiary alicyclic amines) is 1. The van der Waals surface area contributed by atoms with Crippen molar-refractivity contribution < 1.29 is 23.9 Å². The lowest BCUT2D eigenvalue weighted by atomic mass is 10.0. The van der Waals surface area contributed by atoms with Gasteiger partial charge in [0.15, 0.2) is 0 Å². The monoisotopic (exact) mass is 652 g/mol. The molecule has 1 aliphatic rings. The van der Waals surface area contributed by atoms with Crippen LogP contribution in [0.3, 0.4) is 0 Å². The van der Waals surface area contributed by atoms with Crippen molar-refractivity contribution in [2.24, 2.45) is 5.92 Å². The number of hydrogen-bond acceptors (Lipinski definition) is 6. The van der Waals surface area contributed by atoms with Crippen LogP contribution in [0.15, 0.2) is 78.9 Å².